The van der Waals surface area contributed by atoms with Crippen LogP contribution in [-0.2, 0) is 0 Å². The molecule has 3 aromatic rings. The van der Waals surface area contributed by atoms with Crippen LogP contribution < -0.4 is 10.4 Å². The van der Waals surface area contributed by atoms with Gasteiger partial charge in [0.25, 0.3) is 5.56 Å². The van der Waals surface area contributed by atoms with Gasteiger partial charge in [-0.25, -0.2) is 0 Å². The van der Waals surface area contributed by atoms with E-state index in [0.717, 1.165) is 21.9 Å². The van der Waals surface area contributed by atoms with Gasteiger partial charge in [-0.1, -0.05) is 30.3 Å². The topological polar surface area (TPSA) is 31.2 Å². The molecule has 0 radical (unpaired) electrons. The third kappa shape index (κ3) is 1.40. The predicted octanol–water partition coefficient (Wildman–Crippen LogP) is 2.52. The number of hydrogen-bond donors (Lipinski definition) is 0. The Labute approximate surface area is 104 Å². The lowest BCUT2D eigenvalue weighted by Crippen LogP contribution is -2.25. The number of hydrogen-bond acceptors (Lipinski definition) is 2. The second-order valence-corrected chi connectivity index (χ2v) is 4.35. The summed E-state index contributed by atoms with van der Waals surface area (Å²) >= 11 is 0. The minimum atomic E-state index is -0.119. The second kappa shape index (κ2) is 3.88. The van der Waals surface area contributed by atoms with Crippen LogP contribution in [0.3, 0.4) is 0 Å². The first kappa shape index (κ1) is 10.8. The van der Waals surface area contributed by atoms with Crippen LogP contribution in [0.25, 0.3) is 21.7 Å². The van der Waals surface area contributed by atoms with Gasteiger partial charge < -0.3 is 4.84 Å². The van der Waals surface area contributed by atoms with E-state index in [2.05, 4.69) is 0 Å². The highest BCUT2D eigenvalue weighted by Gasteiger charge is 2.10. The zero-order valence-electron chi connectivity index (χ0n) is 10.3. The van der Waals surface area contributed by atoms with Gasteiger partial charge >= 0.3 is 0 Å². The SMILES string of the molecule is COn1c(=O)c2ccccc2c2ccc(C)cc21. The van der Waals surface area contributed by atoms with Crippen molar-refractivity contribution in [2.75, 3.05) is 7.11 Å². The molecule has 0 aliphatic heterocycles. The molecule has 0 atom stereocenters. The molecule has 0 bridgehead atoms. The molecule has 3 rings (SSSR count). The largest absolute Gasteiger partial charge is 0.413 e. The lowest BCUT2D eigenvalue weighted by molar-refractivity contribution is 0.170. The van der Waals surface area contributed by atoms with Crippen LogP contribution >= 0.6 is 0 Å². The molecule has 0 saturated carbocycles. The van der Waals surface area contributed by atoms with Crippen molar-refractivity contribution < 1.29 is 4.84 Å². The van der Waals surface area contributed by atoms with Crippen LogP contribution in [0.1, 0.15) is 5.56 Å². The Hall–Kier alpha value is -2.29. The molecule has 3 nitrogen and oxygen atoms in total. The van der Waals surface area contributed by atoms with Crippen LogP contribution in [0.2, 0.25) is 0 Å². The normalized spacial score (nSPS) is 11.0. The number of fused-ring (bicyclic) bond motifs is 3. The average molecular weight is 239 g/mol. The fourth-order valence-corrected chi connectivity index (χ4v) is 2.34. The Morgan fingerprint density at radius 1 is 1.00 bits per heavy atom. The highest BCUT2D eigenvalue weighted by Crippen LogP contribution is 2.22. The third-order valence-electron chi connectivity index (χ3n) is 3.19. The molecule has 0 aliphatic rings. The Kier molecular flexibility index (Phi) is 2.33. The highest BCUT2D eigenvalue weighted by molar-refractivity contribution is 6.05. The molecule has 0 fully saturated rings. The third-order valence-corrected chi connectivity index (χ3v) is 3.19. The van der Waals surface area contributed by atoms with E-state index in [1.807, 2.05) is 49.4 Å². The maximum absolute atomic E-state index is 12.3. The molecule has 1 aromatic heterocycles. The van der Waals surface area contributed by atoms with Crippen molar-refractivity contribution in [2.45, 2.75) is 6.92 Å². The van der Waals surface area contributed by atoms with Crippen molar-refractivity contribution in [2.24, 2.45) is 0 Å². The Bertz CT molecular complexity index is 803. The zero-order chi connectivity index (χ0) is 12.7. The van der Waals surface area contributed by atoms with Gasteiger partial charge in [0.05, 0.1) is 10.9 Å². The summed E-state index contributed by atoms with van der Waals surface area (Å²) in [6.45, 7) is 2.00. The quantitative estimate of drug-likeness (QED) is 0.611. The molecule has 3 heteroatoms. The fourth-order valence-electron chi connectivity index (χ4n) is 2.34. The van der Waals surface area contributed by atoms with Crippen molar-refractivity contribution in [1.29, 1.82) is 0 Å². The summed E-state index contributed by atoms with van der Waals surface area (Å²) in [5.74, 6) is 0. The Morgan fingerprint density at radius 3 is 2.44 bits per heavy atom. The van der Waals surface area contributed by atoms with E-state index in [1.54, 1.807) is 0 Å². The van der Waals surface area contributed by atoms with Gasteiger partial charge in [-0.3, -0.25) is 4.79 Å². The number of rotatable bonds is 1. The number of aromatic nitrogens is 1. The first-order valence-electron chi connectivity index (χ1n) is 5.81. The van der Waals surface area contributed by atoms with Crippen molar-refractivity contribution in [3.63, 3.8) is 0 Å². The summed E-state index contributed by atoms with van der Waals surface area (Å²) in [5, 5.41) is 2.67. The van der Waals surface area contributed by atoms with Crippen LogP contribution in [0.15, 0.2) is 47.3 Å². The van der Waals surface area contributed by atoms with E-state index >= 15 is 0 Å². The van der Waals surface area contributed by atoms with Gasteiger partial charge in [0, 0.05) is 5.39 Å². The van der Waals surface area contributed by atoms with E-state index in [1.165, 1.54) is 11.8 Å². The Balaban J connectivity index is 2.66. The number of nitrogens with zero attached hydrogens (tertiary/aromatic N) is 1. The lowest BCUT2D eigenvalue weighted by atomic mass is 10.1. The van der Waals surface area contributed by atoms with Gasteiger partial charge in [0.1, 0.15) is 7.11 Å². The number of benzene rings is 2. The first-order valence-corrected chi connectivity index (χ1v) is 5.81. The molecule has 0 N–H and O–H groups in total. The van der Waals surface area contributed by atoms with Crippen LogP contribution in [0.4, 0.5) is 0 Å². The van der Waals surface area contributed by atoms with Crippen molar-refractivity contribution in [3.05, 3.63) is 58.4 Å². The zero-order valence-corrected chi connectivity index (χ0v) is 10.3. The molecule has 90 valence electrons. The van der Waals surface area contributed by atoms with E-state index in [-0.39, 0.29) is 5.56 Å². The molecule has 1 heterocycles. The van der Waals surface area contributed by atoms with E-state index < -0.39 is 0 Å². The maximum Gasteiger partial charge on any atom is 0.291 e. The molecule has 0 saturated heterocycles. The molecular weight excluding hydrogens is 226 g/mol. The minimum Gasteiger partial charge on any atom is -0.413 e. The van der Waals surface area contributed by atoms with Gasteiger partial charge in [-0.2, -0.15) is 0 Å². The molecule has 0 aliphatic carbocycles. The predicted molar refractivity (Wildman–Crippen MR) is 73.0 cm³/mol. The van der Waals surface area contributed by atoms with Gasteiger partial charge in [-0.15, -0.1) is 4.73 Å². The van der Waals surface area contributed by atoms with Crippen LogP contribution in [0.5, 0.6) is 0 Å². The molecule has 0 amide bonds. The van der Waals surface area contributed by atoms with Crippen molar-refractivity contribution >= 4 is 21.7 Å². The summed E-state index contributed by atoms with van der Waals surface area (Å²) in [7, 11) is 1.51. The smallest absolute Gasteiger partial charge is 0.291 e. The standard InChI is InChI=1S/C15H13NO2/c1-10-7-8-12-11-5-3-4-6-13(11)15(17)16(18-2)14(12)9-10/h3-9H,1-2H3. The summed E-state index contributed by atoms with van der Waals surface area (Å²) < 4.78 is 1.35. The minimum absolute atomic E-state index is 0.119. The summed E-state index contributed by atoms with van der Waals surface area (Å²) in [4.78, 5) is 17.5. The van der Waals surface area contributed by atoms with Gasteiger partial charge in [0.2, 0.25) is 0 Å². The summed E-state index contributed by atoms with van der Waals surface area (Å²) in [6, 6.07) is 13.6. The molecule has 0 spiro atoms. The molecule has 18 heavy (non-hydrogen) atoms. The Morgan fingerprint density at radius 2 is 1.72 bits per heavy atom. The van der Waals surface area contributed by atoms with Crippen molar-refractivity contribution in [3.8, 4) is 0 Å². The fraction of sp³-hybridized carbons (Fsp3) is 0.133. The first-order chi connectivity index (χ1) is 8.72. The van der Waals surface area contributed by atoms with Crippen LogP contribution in [-0.4, -0.2) is 11.8 Å². The van der Waals surface area contributed by atoms with E-state index in [0.29, 0.717) is 5.39 Å². The molecule has 0 unspecified atom stereocenters. The number of aryl methyl sites for hydroxylation is 1. The van der Waals surface area contributed by atoms with E-state index in [4.69, 9.17) is 4.84 Å². The highest BCUT2D eigenvalue weighted by atomic mass is 16.6. The summed E-state index contributed by atoms with van der Waals surface area (Å²) in [5.41, 5.74) is 1.79. The number of pyridine rings is 1. The molecular formula is C15H13NO2. The lowest BCUT2D eigenvalue weighted by Gasteiger charge is -2.11. The second-order valence-electron chi connectivity index (χ2n) is 4.35. The average Bonchev–Trinajstić information content (AvgIpc) is 2.39. The van der Waals surface area contributed by atoms with E-state index in [9.17, 15) is 4.79 Å². The van der Waals surface area contributed by atoms with Crippen molar-refractivity contribution in [1.82, 2.24) is 4.73 Å². The maximum atomic E-state index is 12.3. The summed E-state index contributed by atoms with van der Waals surface area (Å²) in [6.07, 6.45) is 0. The van der Waals surface area contributed by atoms with Crippen LogP contribution in [0, 0.1) is 6.92 Å². The van der Waals surface area contributed by atoms with Gasteiger partial charge in [0.15, 0.2) is 0 Å². The monoisotopic (exact) mass is 239 g/mol. The molecule has 2 aromatic carbocycles. The van der Waals surface area contributed by atoms with Gasteiger partial charge in [-0.05, 0) is 30.0 Å².